The molecule has 3 nitrogen and oxygen atoms in total. The van der Waals surface area contributed by atoms with Crippen LogP contribution in [0.5, 0.6) is 5.75 Å². The summed E-state index contributed by atoms with van der Waals surface area (Å²) in [6.07, 6.45) is 0.773. The average Bonchev–Trinajstić information content (AvgIpc) is 3.00. The molecule has 3 rings (SSSR count). The third kappa shape index (κ3) is 3.66. The molecule has 1 aromatic heterocycles. The van der Waals surface area contributed by atoms with Crippen molar-refractivity contribution >= 4 is 28.1 Å². The lowest BCUT2D eigenvalue weighted by Gasteiger charge is -2.17. The maximum absolute atomic E-state index is 6.33. The fourth-order valence-electron chi connectivity index (χ4n) is 2.57. The zero-order chi connectivity index (χ0) is 16.2. The van der Waals surface area contributed by atoms with Crippen molar-refractivity contribution in [2.75, 3.05) is 12.8 Å². The summed E-state index contributed by atoms with van der Waals surface area (Å²) in [5.74, 6) is 0.942. The monoisotopic (exact) mass is 344 g/mol. The summed E-state index contributed by atoms with van der Waals surface area (Å²) in [5, 5.41) is 3.37. The Bertz CT molecular complexity index is 786. The van der Waals surface area contributed by atoms with E-state index in [4.69, 9.17) is 22.1 Å². The number of anilines is 1. The molecule has 0 bridgehead atoms. The van der Waals surface area contributed by atoms with Gasteiger partial charge in [0.05, 0.1) is 12.8 Å². The summed E-state index contributed by atoms with van der Waals surface area (Å²) < 4.78 is 5.24. The van der Waals surface area contributed by atoms with Crippen molar-refractivity contribution < 1.29 is 4.74 Å². The predicted molar refractivity (Wildman–Crippen MR) is 96.5 cm³/mol. The highest BCUT2D eigenvalue weighted by atomic mass is 35.5. The van der Waals surface area contributed by atoms with Gasteiger partial charge in [0.1, 0.15) is 5.75 Å². The summed E-state index contributed by atoms with van der Waals surface area (Å²) in [6.45, 7) is 0. The second kappa shape index (κ2) is 7.02. The normalized spacial score (nSPS) is 12.1. The molecular weight excluding hydrogens is 328 g/mol. The van der Waals surface area contributed by atoms with E-state index in [0.717, 1.165) is 34.0 Å². The summed E-state index contributed by atoms with van der Waals surface area (Å²) in [5.41, 5.74) is 9.06. The Hall–Kier alpha value is -2.04. The topological polar surface area (TPSA) is 48.1 Å². The van der Waals surface area contributed by atoms with Crippen LogP contribution in [-0.2, 0) is 6.42 Å². The van der Waals surface area contributed by atoms with Crippen LogP contribution < -0.4 is 10.5 Å². The van der Waals surface area contributed by atoms with Crippen LogP contribution in [-0.4, -0.2) is 12.1 Å². The van der Waals surface area contributed by atoms with Crippen LogP contribution in [0.4, 0.5) is 5.13 Å². The highest BCUT2D eigenvalue weighted by Gasteiger charge is 2.19. The summed E-state index contributed by atoms with van der Waals surface area (Å²) in [4.78, 5) is 4.48. The van der Waals surface area contributed by atoms with E-state index in [-0.39, 0.29) is 5.92 Å². The van der Waals surface area contributed by atoms with E-state index in [9.17, 15) is 0 Å². The molecule has 1 heterocycles. The molecule has 0 saturated heterocycles. The van der Waals surface area contributed by atoms with Crippen LogP contribution >= 0.6 is 22.9 Å². The van der Waals surface area contributed by atoms with E-state index in [2.05, 4.69) is 23.2 Å². The van der Waals surface area contributed by atoms with Gasteiger partial charge in [-0.25, -0.2) is 4.98 Å². The van der Waals surface area contributed by atoms with Gasteiger partial charge in [-0.3, -0.25) is 0 Å². The Morgan fingerprint density at radius 2 is 1.91 bits per heavy atom. The van der Waals surface area contributed by atoms with Crippen LogP contribution in [0.25, 0.3) is 0 Å². The number of ether oxygens (including phenoxy) is 1. The number of aromatic nitrogens is 1. The third-order valence-corrected chi connectivity index (χ3v) is 4.86. The molecule has 0 aliphatic rings. The Kier molecular flexibility index (Phi) is 4.84. The van der Waals surface area contributed by atoms with Gasteiger partial charge in [-0.1, -0.05) is 41.9 Å². The van der Waals surface area contributed by atoms with Crippen molar-refractivity contribution in [3.05, 3.63) is 75.8 Å². The number of methoxy groups -OCH3 is 1. The molecule has 0 aliphatic heterocycles. The zero-order valence-corrected chi connectivity index (χ0v) is 14.3. The smallest absolute Gasteiger partial charge is 0.180 e. The molecule has 0 aliphatic carbocycles. The predicted octanol–water partition coefficient (Wildman–Crippen LogP) is 4.76. The largest absolute Gasteiger partial charge is 0.497 e. The Balaban J connectivity index is 1.98. The number of hydrogen-bond acceptors (Lipinski definition) is 4. The molecule has 1 atom stereocenters. The number of nitrogen functional groups attached to an aromatic ring is 1. The van der Waals surface area contributed by atoms with Crippen LogP contribution in [0.2, 0.25) is 5.02 Å². The number of hydrogen-bond donors (Lipinski definition) is 1. The van der Waals surface area contributed by atoms with Gasteiger partial charge in [-0.05, 0) is 35.7 Å². The molecule has 0 fully saturated rings. The standard InChI is InChI=1S/C18H17ClN2OS/c1-22-14-8-6-12(7-9-14)15(17-11-23-18(20)21-17)10-13-4-2-3-5-16(13)19/h2-9,11,15H,10H2,1H3,(H2,20,21). The minimum Gasteiger partial charge on any atom is -0.497 e. The zero-order valence-electron chi connectivity index (χ0n) is 12.7. The lowest BCUT2D eigenvalue weighted by Crippen LogP contribution is -2.06. The average molecular weight is 345 g/mol. The number of rotatable bonds is 5. The highest BCUT2D eigenvalue weighted by Crippen LogP contribution is 2.32. The number of nitrogens with zero attached hydrogens (tertiary/aromatic N) is 1. The molecule has 0 amide bonds. The highest BCUT2D eigenvalue weighted by molar-refractivity contribution is 7.13. The van der Waals surface area contributed by atoms with Crippen LogP contribution in [0.3, 0.4) is 0 Å². The molecule has 118 valence electrons. The quantitative estimate of drug-likeness (QED) is 0.725. The van der Waals surface area contributed by atoms with Crippen molar-refractivity contribution in [3.8, 4) is 5.75 Å². The van der Waals surface area contributed by atoms with Gasteiger partial charge < -0.3 is 10.5 Å². The Labute approximate surface area is 144 Å². The van der Waals surface area contributed by atoms with Gasteiger partial charge in [-0.2, -0.15) is 0 Å². The number of nitrogens with two attached hydrogens (primary N) is 1. The van der Waals surface area contributed by atoms with Gasteiger partial charge >= 0.3 is 0 Å². The maximum Gasteiger partial charge on any atom is 0.180 e. The fourth-order valence-corrected chi connectivity index (χ4v) is 3.40. The minimum absolute atomic E-state index is 0.106. The second-order valence-electron chi connectivity index (χ2n) is 5.23. The van der Waals surface area contributed by atoms with Crippen LogP contribution in [0, 0.1) is 0 Å². The summed E-state index contributed by atoms with van der Waals surface area (Å²) in [7, 11) is 1.66. The molecule has 5 heteroatoms. The molecule has 0 saturated carbocycles. The number of benzene rings is 2. The van der Waals surface area contributed by atoms with E-state index < -0.39 is 0 Å². The molecular formula is C18H17ClN2OS. The van der Waals surface area contributed by atoms with Crippen molar-refractivity contribution in [1.82, 2.24) is 4.98 Å². The minimum atomic E-state index is 0.106. The van der Waals surface area contributed by atoms with E-state index in [1.807, 2.05) is 35.7 Å². The van der Waals surface area contributed by atoms with E-state index in [0.29, 0.717) is 5.13 Å². The Morgan fingerprint density at radius 3 is 2.52 bits per heavy atom. The summed E-state index contributed by atoms with van der Waals surface area (Å²) >= 11 is 7.79. The van der Waals surface area contributed by atoms with Gasteiger partial charge in [0.25, 0.3) is 0 Å². The van der Waals surface area contributed by atoms with Crippen LogP contribution in [0.1, 0.15) is 22.7 Å². The first-order valence-electron chi connectivity index (χ1n) is 7.25. The van der Waals surface area contributed by atoms with Gasteiger partial charge in [0.15, 0.2) is 5.13 Å². The van der Waals surface area contributed by atoms with Gasteiger partial charge in [-0.15, -0.1) is 11.3 Å². The van der Waals surface area contributed by atoms with Crippen molar-refractivity contribution in [2.45, 2.75) is 12.3 Å². The molecule has 1 unspecified atom stereocenters. The fraction of sp³-hybridized carbons (Fsp3) is 0.167. The molecule has 23 heavy (non-hydrogen) atoms. The van der Waals surface area contributed by atoms with Gasteiger partial charge in [0.2, 0.25) is 0 Å². The second-order valence-corrected chi connectivity index (χ2v) is 6.53. The number of halogens is 1. The third-order valence-electron chi connectivity index (χ3n) is 3.80. The van der Waals surface area contributed by atoms with E-state index in [1.165, 1.54) is 11.3 Å². The Morgan fingerprint density at radius 1 is 1.17 bits per heavy atom. The lowest BCUT2D eigenvalue weighted by atomic mass is 9.89. The van der Waals surface area contributed by atoms with E-state index in [1.54, 1.807) is 7.11 Å². The molecule has 0 spiro atoms. The van der Waals surface area contributed by atoms with Crippen LogP contribution in [0.15, 0.2) is 53.9 Å². The van der Waals surface area contributed by atoms with E-state index >= 15 is 0 Å². The molecule has 3 aromatic rings. The number of thiazole rings is 1. The molecule has 2 N–H and O–H groups in total. The van der Waals surface area contributed by atoms with Crippen molar-refractivity contribution in [1.29, 1.82) is 0 Å². The lowest BCUT2D eigenvalue weighted by molar-refractivity contribution is 0.414. The summed E-state index contributed by atoms with van der Waals surface area (Å²) in [6, 6.07) is 16.0. The maximum atomic E-state index is 6.33. The van der Waals surface area contributed by atoms with Gasteiger partial charge in [0, 0.05) is 16.3 Å². The molecule has 0 radical (unpaired) electrons. The first-order chi connectivity index (χ1) is 11.2. The first-order valence-corrected chi connectivity index (χ1v) is 8.51. The SMILES string of the molecule is COc1ccc(C(Cc2ccccc2Cl)c2csc(N)n2)cc1. The van der Waals surface area contributed by atoms with Crippen molar-refractivity contribution in [2.24, 2.45) is 0 Å². The van der Waals surface area contributed by atoms with Crippen molar-refractivity contribution in [3.63, 3.8) is 0 Å². The first kappa shape index (κ1) is 15.8. The molecule has 2 aromatic carbocycles.